The van der Waals surface area contributed by atoms with Crippen molar-refractivity contribution in [2.45, 2.75) is 264 Å². The van der Waals surface area contributed by atoms with Crippen molar-refractivity contribution in [1.29, 1.82) is 0 Å². The first-order valence-corrected chi connectivity index (χ1v) is 29.9. The molecule has 68 heavy (non-hydrogen) atoms. The number of nitrogens with two attached hydrogens (primary N) is 1. The fourth-order valence-electron chi connectivity index (χ4n) is 7.96. The van der Waals surface area contributed by atoms with Crippen molar-refractivity contribution in [3.63, 3.8) is 0 Å². The molecule has 2 atom stereocenters. The largest absolute Gasteiger partial charge is 0.472 e. The standard InChI is InChI=1S/C59H108NO7P/c1-3-5-7-9-11-13-15-17-19-21-23-25-27-29-30-32-34-36-38-40-42-44-46-48-50-52-59(61)67-58(57-66-68(62,63)65-55-53-60)56-64-54-51-49-47-45-43-41-39-37-35-33-31-28-26-24-22-20-18-16-14-12-10-8-6-4-2/h5,7,11,13,17,19,22-25,29-30,58H,3-4,6,8-10,12,14-16,18,20-21,26-28,31-57,60H2,1-2H3,(H,62,63)/b7-5-,13-11-,19-17-,24-22-,25-23-,30-29-. The van der Waals surface area contributed by atoms with Gasteiger partial charge in [-0.05, 0) is 83.5 Å². The molecule has 9 heteroatoms. The molecule has 0 amide bonds. The lowest BCUT2D eigenvalue weighted by Gasteiger charge is -2.20. The highest BCUT2D eigenvalue weighted by atomic mass is 31.2. The van der Waals surface area contributed by atoms with Gasteiger partial charge < -0.3 is 20.1 Å². The molecule has 0 fully saturated rings. The molecule has 0 aliphatic heterocycles. The number of phosphoric acid groups is 1. The lowest BCUT2D eigenvalue weighted by Crippen LogP contribution is -2.28. The van der Waals surface area contributed by atoms with Crippen LogP contribution < -0.4 is 5.73 Å². The van der Waals surface area contributed by atoms with Crippen molar-refractivity contribution in [2.24, 2.45) is 5.73 Å². The van der Waals surface area contributed by atoms with E-state index >= 15 is 0 Å². The molecule has 0 bridgehead atoms. The number of esters is 1. The van der Waals surface area contributed by atoms with E-state index in [1.165, 1.54) is 167 Å². The number of hydrogen-bond donors (Lipinski definition) is 2. The summed E-state index contributed by atoms with van der Waals surface area (Å²) in [7, 11) is -4.29. The fourth-order valence-corrected chi connectivity index (χ4v) is 8.73. The van der Waals surface area contributed by atoms with Crippen LogP contribution >= 0.6 is 7.82 Å². The van der Waals surface area contributed by atoms with E-state index < -0.39 is 13.9 Å². The summed E-state index contributed by atoms with van der Waals surface area (Å²) in [5, 5.41) is 0. The average molecular weight is 974 g/mol. The molecule has 0 aromatic heterocycles. The Morgan fingerprint density at radius 2 is 0.824 bits per heavy atom. The molecule has 0 saturated carbocycles. The van der Waals surface area contributed by atoms with Crippen LogP contribution in [0.25, 0.3) is 0 Å². The maximum absolute atomic E-state index is 12.7. The molecule has 0 aliphatic rings. The monoisotopic (exact) mass is 974 g/mol. The highest BCUT2D eigenvalue weighted by molar-refractivity contribution is 7.47. The average Bonchev–Trinajstić information content (AvgIpc) is 3.33. The second-order valence-electron chi connectivity index (χ2n) is 18.8. The second-order valence-corrected chi connectivity index (χ2v) is 20.2. The fraction of sp³-hybridized carbons (Fsp3) is 0.780. The van der Waals surface area contributed by atoms with Gasteiger partial charge in [-0.1, -0.05) is 241 Å². The van der Waals surface area contributed by atoms with Crippen LogP contribution in [0.3, 0.4) is 0 Å². The van der Waals surface area contributed by atoms with E-state index in [4.69, 9.17) is 24.3 Å². The summed E-state index contributed by atoms with van der Waals surface area (Å²) in [6.07, 6.45) is 72.3. The maximum Gasteiger partial charge on any atom is 0.472 e. The number of allylic oxidation sites excluding steroid dienone is 12. The van der Waals surface area contributed by atoms with Crippen molar-refractivity contribution in [2.75, 3.05) is 33.0 Å². The number of phosphoric ester groups is 1. The highest BCUT2D eigenvalue weighted by Gasteiger charge is 2.25. The van der Waals surface area contributed by atoms with E-state index in [0.29, 0.717) is 13.0 Å². The Labute approximate surface area is 420 Å². The van der Waals surface area contributed by atoms with Crippen LogP contribution in [0, 0.1) is 0 Å². The van der Waals surface area contributed by atoms with Gasteiger partial charge in [0.2, 0.25) is 0 Å². The summed E-state index contributed by atoms with van der Waals surface area (Å²) in [4.78, 5) is 22.7. The normalized spacial score (nSPS) is 13.8. The van der Waals surface area contributed by atoms with Crippen LogP contribution in [0.5, 0.6) is 0 Å². The van der Waals surface area contributed by atoms with Gasteiger partial charge in [0.1, 0.15) is 6.10 Å². The van der Waals surface area contributed by atoms with Gasteiger partial charge in [0.05, 0.1) is 19.8 Å². The molecular weight excluding hydrogens is 866 g/mol. The van der Waals surface area contributed by atoms with Crippen molar-refractivity contribution >= 4 is 13.8 Å². The molecule has 0 aromatic rings. The van der Waals surface area contributed by atoms with Gasteiger partial charge in [-0.2, -0.15) is 0 Å². The molecule has 0 spiro atoms. The van der Waals surface area contributed by atoms with Crippen molar-refractivity contribution < 1.29 is 32.8 Å². The first kappa shape index (κ1) is 65.9. The Morgan fingerprint density at radius 3 is 1.25 bits per heavy atom. The van der Waals surface area contributed by atoms with E-state index in [1.54, 1.807) is 0 Å². The molecule has 396 valence electrons. The summed E-state index contributed by atoms with van der Waals surface area (Å²) >= 11 is 0. The Kier molecular flexibility index (Phi) is 54.2. The number of hydrogen-bond acceptors (Lipinski definition) is 7. The van der Waals surface area contributed by atoms with E-state index in [0.717, 1.165) is 70.6 Å². The topological polar surface area (TPSA) is 117 Å². The zero-order valence-corrected chi connectivity index (χ0v) is 45.2. The minimum Gasteiger partial charge on any atom is -0.457 e. The van der Waals surface area contributed by atoms with E-state index in [1.807, 2.05) is 0 Å². The molecule has 2 unspecified atom stereocenters. The Balaban J connectivity index is 3.91. The van der Waals surface area contributed by atoms with Crippen LogP contribution in [-0.2, 0) is 27.9 Å². The van der Waals surface area contributed by atoms with Crippen molar-refractivity contribution in [1.82, 2.24) is 0 Å². The smallest absolute Gasteiger partial charge is 0.457 e. The molecule has 0 rings (SSSR count). The summed E-state index contributed by atoms with van der Waals surface area (Å²) in [5.74, 6) is -0.336. The Bertz CT molecular complexity index is 1280. The molecule has 3 N–H and O–H groups in total. The highest BCUT2D eigenvalue weighted by Crippen LogP contribution is 2.43. The van der Waals surface area contributed by atoms with E-state index in [2.05, 4.69) is 86.8 Å². The summed E-state index contributed by atoms with van der Waals surface area (Å²) < 4.78 is 33.7. The third-order valence-corrected chi connectivity index (χ3v) is 13.1. The molecule has 0 heterocycles. The lowest BCUT2D eigenvalue weighted by atomic mass is 10.0. The van der Waals surface area contributed by atoms with Crippen LogP contribution in [0.1, 0.15) is 258 Å². The summed E-state index contributed by atoms with van der Waals surface area (Å²) in [5.41, 5.74) is 5.40. The number of ether oxygens (including phenoxy) is 2. The Morgan fingerprint density at radius 1 is 0.456 bits per heavy atom. The third kappa shape index (κ3) is 54.9. The zero-order chi connectivity index (χ0) is 49.4. The third-order valence-electron chi connectivity index (χ3n) is 12.1. The Hall–Kier alpha value is -2.06. The van der Waals surface area contributed by atoms with Gasteiger partial charge in [-0.3, -0.25) is 13.8 Å². The number of unbranched alkanes of at least 4 members (excludes halogenated alkanes) is 29. The van der Waals surface area contributed by atoms with Gasteiger partial charge in [0.15, 0.2) is 0 Å². The maximum atomic E-state index is 12.7. The molecule has 8 nitrogen and oxygen atoms in total. The number of carbonyl (C=O) groups is 1. The van der Waals surface area contributed by atoms with E-state index in [9.17, 15) is 14.3 Å². The van der Waals surface area contributed by atoms with Crippen LogP contribution in [0.15, 0.2) is 72.9 Å². The van der Waals surface area contributed by atoms with Gasteiger partial charge in [-0.15, -0.1) is 0 Å². The minimum atomic E-state index is -4.29. The summed E-state index contributed by atoms with van der Waals surface area (Å²) in [6, 6.07) is 0. The molecule has 0 radical (unpaired) electrons. The molecule has 0 saturated heterocycles. The van der Waals surface area contributed by atoms with Crippen LogP contribution in [0.4, 0.5) is 0 Å². The van der Waals surface area contributed by atoms with Crippen molar-refractivity contribution in [3.8, 4) is 0 Å². The van der Waals surface area contributed by atoms with Crippen LogP contribution in [-0.4, -0.2) is 49.9 Å². The van der Waals surface area contributed by atoms with Gasteiger partial charge >= 0.3 is 13.8 Å². The predicted octanol–water partition coefficient (Wildman–Crippen LogP) is 18.2. The first-order valence-electron chi connectivity index (χ1n) is 28.4. The number of carbonyl (C=O) groups excluding carboxylic acids is 1. The lowest BCUT2D eigenvalue weighted by molar-refractivity contribution is -0.154. The van der Waals surface area contributed by atoms with Crippen molar-refractivity contribution in [3.05, 3.63) is 72.9 Å². The van der Waals surface area contributed by atoms with Gasteiger partial charge in [0.25, 0.3) is 0 Å². The SMILES string of the molecule is CC/C=C\C/C=C\C/C=C\C/C=C\C/C=C\CCCCCCCCCCCC(=O)OC(COCCCCCCCCCCCCCC/C=C\CCCCCCCCCC)COP(=O)(O)OCCN. The first-order chi connectivity index (χ1) is 33.4. The van der Waals surface area contributed by atoms with Gasteiger partial charge in [0, 0.05) is 19.6 Å². The predicted molar refractivity (Wildman–Crippen MR) is 293 cm³/mol. The minimum absolute atomic E-state index is 0.0970. The van der Waals surface area contributed by atoms with Gasteiger partial charge in [-0.25, -0.2) is 4.57 Å². The number of rotatable bonds is 54. The molecule has 0 aromatic carbocycles. The molecule has 0 aliphatic carbocycles. The zero-order valence-electron chi connectivity index (χ0n) is 44.3. The second kappa shape index (κ2) is 55.9. The summed E-state index contributed by atoms with van der Waals surface area (Å²) in [6.45, 7) is 4.83. The van der Waals surface area contributed by atoms with E-state index in [-0.39, 0.29) is 32.3 Å². The molecular formula is C59H108NO7P. The quantitative estimate of drug-likeness (QED) is 0.0268. The van der Waals surface area contributed by atoms with Crippen LogP contribution in [0.2, 0.25) is 0 Å².